The molecule has 1 saturated heterocycles. The quantitative estimate of drug-likeness (QED) is 0.871. The van der Waals surface area contributed by atoms with Crippen molar-refractivity contribution < 1.29 is 17.9 Å². The summed E-state index contributed by atoms with van der Waals surface area (Å²) >= 11 is 5.97. The molecule has 26 heavy (non-hydrogen) atoms. The van der Waals surface area contributed by atoms with E-state index in [1.165, 1.54) is 4.31 Å². The van der Waals surface area contributed by atoms with Crippen LogP contribution in [0.1, 0.15) is 12.0 Å². The number of nitrogens with zero attached hydrogens (tertiary/aromatic N) is 1. The number of nitrogens with one attached hydrogen (secondary N) is 1. The maximum absolute atomic E-state index is 12.4. The van der Waals surface area contributed by atoms with E-state index in [1.54, 1.807) is 42.5 Å². The molecule has 1 atom stereocenters. The number of benzene rings is 2. The Bertz CT molecular complexity index is 960. The topological polar surface area (TPSA) is 75.7 Å². The van der Waals surface area contributed by atoms with Crippen molar-refractivity contribution in [2.24, 2.45) is 0 Å². The van der Waals surface area contributed by atoms with Gasteiger partial charge in [0.1, 0.15) is 5.75 Å². The lowest BCUT2D eigenvalue weighted by atomic mass is 10.1. The molecule has 8 heteroatoms. The van der Waals surface area contributed by atoms with E-state index in [2.05, 4.69) is 5.32 Å². The van der Waals surface area contributed by atoms with Gasteiger partial charge >= 0.3 is 0 Å². The predicted octanol–water partition coefficient (Wildman–Crippen LogP) is 2.82. The van der Waals surface area contributed by atoms with Crippen LogP contribution in [0.3, 0.4) is 0 Å². The lowest BCUT2D eigenvalue weighted by molar-refractivity contribution is -0.122. The highest BCUT2D eigenvalue weighted by atomic mass is 35.5. The van der Waals surface area contributed by atoms with Gasteiger partial charge in [-0.25, -0.2) is 8.42 Å². The Kier molecular flexibility index (Phi) is 4.28. The highest BCUT2D eigenvalue weighted by molar-refractivity contribution is 7.93. The zero-order valence-electron chi connectivity index (χ0n) is 13.8. The first kappa shape index (κ1) is 17.2. The summed E-state index contributed by atoms with van der Waals surface area (Å²) in [5.41, 5.74) is 2.11. The van der Waals surface area contributed by atoms with Crippen molar-refractivity contribution >= 4 is 38.9 Å². The molecule has 1 fully saturated rings. The number of carbonyl (C=O) groups excluding carboxylic acids is 1. The molecule has 1 N–H and O–H groups in total. The van der Waals surface area contributed by atoms with E-state index in [1.807, 2.05) is 0 Å². The third-order valence-electron chi connectivity index (χ3n) is 4.51. The average molecular weight is 393 g/mol. The van der Waals surface area contributed by atoms with Crippen LogP contribution in [0, 0.1) is 0 Å². The van der Waals surface area contributed by atoms with Gasteiger partial charge in [0.2, 0.25) is 10.0 Å². The zero-order valence-corrected chi connectivity index (χ0v) is 15.4. The van der Waals surface area contributed by atoms with E-state index in [0.717, 1.165) is 5.56 Å². The number of halogens is 1. The fraction of sp³-hybridized carbons (Fsp3) is 0.278. The van der Waals surface area contributed by atoms with E-state index < -0.39 is 16.1 Å². The van der Waals surface area contributed by atoms with Gasteiger partial charge in [-0.05, 0) is 54.4 Å². The van der Waals surface area contributed by atoms with E-state index in [9.17, 15) is 13.2 Å². The maximum atomic E-state index is 12.4. The molecule has 136 valence electrons. The molecule has 0 aliphatic carbocycles. The van der Waals surface area contributed by atoms with Gasteiger partial charge in [0, 0.05) is 23.7 Å². The minimum atomic E-state index is -3.21. The highest BCUT2D eigenvalue weighted by Gasteiger charge is 2.30. The Balaban J connectivity index is 1.43. The Morgan fingerprint density at radius 3 is 2.65 bits per heavy atom. The summed E-state index contributed by atoms with van der Waals surface area (Å²) in [6, 6.07) is 12.1. The molecule has 2 aliphatic heterocycles. The van der Waals surface area contributed by atoms with Crippen LogP contribution in [0.5, 0.6) is 5.75 Å². The summed E-state index contributed by atoms with van der Waals surface area (Å²) in [4.78, 5) is 12.4. The van der Waals surface area contributed by atoms with Gasteiger partial charge in [0.25, 0.3) is 5.91 Å². The van der Waals surface area contributed by atoms with Crippen molar-refractivity contribution in [3.63, 3.8) is 0 Å². The second-order valence-electron chi connectivity index (χ2n) is 6.34. The summed E-state index contributed by atoms with van der Waals surface area (Å²) in [7, 11) is -3.21. The van der Waals surface area contributed by atoms with E-state index >= 15 is 0 Å². The van der Waals surface area contributed by atoms with Crippen molar-refractivity contribution in [3.8, 4) is 5.75 Å². The van der Waals surface area contributed by atoms with Crippen LogP contribution in [-0.2, 0) is 21.2 Å². The molecule has 2 aromatic carbocycles. The van der Waals surface area contributed by atoms with Crippen molar-refractivity contribution in [2.45, 2.75) is 18.9 Å². The van der Waals surface area contributed by atoms with Crippen molar-refractivity contribution in [2.75, 3.05) is 21.9 Å². The van der Waals surface area contributed by atoms with Crippen LogP contribution < -0.4 is 14.4 Å². The highest BCUT2D eigenvalue weighted by Crippen LogP contribution is 2.32. The Morgan fingerprint density at radius 1 is 1.19 bits per heavy atom. The first-order valence-electron chi connectivity index (χ1n) is 8.29. The molecule has 2 aliphatic rings. The van der Waals surface area contributed by atoms with Crippen LogP contribution in [0.15, 0.2) is 42.5 Å². The van der Waals surface area contributed by atoms with Crippen LogP contribution in [0.4, 0.5) is 11.4 Å². The van der Waals surface area contributed by atoms with Gasteiger partial charge in [-0.15, -0.1) is 0 Å². The number of hydrogen-bond acceptors (Lipinski definition) is 4. The largest absolute Gasteiger partial charge is 0.480 e. The molecule has 0 radical (unpaired) electrons. The number of ether oxygens (including phenoxy) is 1. The van der Waals surface area contributed by atoms with Gasteiger partial charge in [-0.3, -0.25) is 9.10 Å². The SMILES string of the molecule is O=C(Nc1ccc(N2CCCS2(=O)=O)cc1)[C@H]1Cc2cc(Cl)ccc2O1. The van der Waals surface area contributed by atoms with Crippen LogP contribution in [0.25, 0.3) is 0 Å². The number of rotatable bonds is 3. The number of hydrogen-bond donors (Lipinski definition) is 1. The molecule has 0 aromatic heterocycles. The monoisotopic (exact) mass is 392 g/mol. The number of amides is 1. The fourth-order valence-electron chi connectivity index (χ4n) is 3.23. The zero-order chi connectivity index (χ0) is 18.3. The molecule has 6 nitrogen and oxygen atoms in total. The molecule has 2 aromatic rings. The van der Waals surface area contributed by atoms with Gasteiger partial charge < -0.3 is 10.1 Å². The van der Waals surface area contributed by atoms with E-state index in [4.69, 9.17) is 16.3 Å². The van der Waals surface area contributed by atoms with Crippen LogP contribution in [0.2, 0.25) is 5.02 Å². The predicted molar refractivity (Wildman–Crippen MR) is 100 cm³/mol. The lowest BCUT2D eigenvalue weighted by Gasteiger charge is -2.17. The Hall–Kier alpha value is -2.25. The van der Waals surface area contributed by atoms with Crippen molar-refractivity contribution in [1.82, 2.24) is 0 Å². The molecule has 0 spiro atoms. The minimum absolute atomic E-state index is 0.176. The fourth-order valence-corrected chi connectivity index (χ4v) is 4.99. The second-order valence-corrected chi connectivity index (χ2v) is 8.79. The molecule has 0 bridgehead atoms. The third kappa shape index (κ3) is 3.24. The molecule has 0 saturated carbocycles. The molecule has 4 rings (SSSR count). The normalized spacial score (nSPS) is 20.5. The Morgan fingerprint density at radius 2 is 1.96 bits per heavy atom. The van der Waals surface area contributed by atoms with Crippen molar-refractivity contribution in [3.05, 3.63) is 53.1 Å². The molecular weight excluding hydrogens is 376 g/mol. The molecular formula is C18H17ClN2O4S. The van der Waals surface area contributed by atoms with Crippen LogP contribution in [-0.4, -0.2) is 32.7 Å². The first-order valence-corrected chi connectivity index (χ1v) is 10.3. The van der Waals surface area contributed by atoms with Gasteiger partial charge in [0.05, 0.1) is 11.4 Å². The first-order chi connectivity index (χ1) is 12.4. The summed E-state index contributed by atoms with van der Waals surface area (Å²) in [6.07, 6.45) is 0.484. The number of carbonyl (C=O) groups is 1. The van der Waals surface area contributed by atoms with Gasteiger partial charge in [-0.1, -0.05) is 11.6 Å². The molecule has 1 amide bonds. The molecule has 2 heterocycles. The maximum Gasteiger partial charge on any atom is 0.265 e. The summed E-state index contributed by atoms with van der Waals surface area (Å²) in [6.45, 7) is 0.491. The van der Waals surface area contributed by atoms with Crippen LogP contribution >= 0.6 is 11.6 Å². The van der Waals surface area contributed by atoms with E-state index in [0.29, 0.717) is 41.5 Å². The smallest absolute Gasteiger partial charge is 0.265 e. The third-order valence-corrected chi connectivity index (χ3v) is 6.62. The second kappa shape index (κ2) is 6.48. The number of sulfonamides is 1. The average Bonchev–Trinajstić information content (AvgIpc) is 3.18. The Labute approximate surface area is 156 Å². The summed E-state index contributed by atoms with van der Waals surface area (Å²) in [5.74, 6) is 0.595. The number of fused-ring (bicyclic) bond motifs is 1. The van der Waals surface area contributed by atoms with E-state index in [-0.39, 0.29) is 11.7 Å². The van der Waals surface area contributed by atoms with Gasteiger partial charge in [0.15, 0.2) is 6.10 Å². The minimum Gasteiger partial charge on any atom is -0.480 e. The summed E-state index contributed by atoms with van der Waals surface area (Å²) in [5, 5.41) is 3.42. The standard InChI is InChI=1S/C18H17ClN2O4S/c19-13-2-7-16-12(10-13)11-17(25-16)18(22)20-14-3-5-15(6-4-14)21-8-1-9-26(21,23)24/h2-7,10,17H,1,8-9,11H2,(H,20,22)/t17-/m1/s1. The van der Waals surface area contributed by atoms with Crippen molar-refractivity contribution in [1.29, 1.82) is 0 Å². The lowest BCUT2D eigenvalue weighted by Crippen LogP contribution is -2.31. The number of anilines is 2. The molecule has 0 unspecified atom stereocenters. The van der Waals surface area contributed by atoms with Gasteiger partial charge in [-0.2, -0.15) is 0 Å². The summed E-state index contributed by atoms with van der Waals surface area (Å²) < 4.78 is 31.0.